The van der Waals surface area contributed by atoms with Crippen molar-refractivity contribution in [1.82, 2.24) is 4.31 Å². The summed E-state index contributed by atoms with van der Waals surface area (Å²) in [6.45, 7) is 3.37. The van der Waals surface area contributed by atoms with E-state index in [0.29, 0.717) is 30.5 Å². The first-order chi connectivity index (χ1) is 9.78. The number of hydrogen-bond donors (Lipinski definition) is 1. The minimum Gasteiger partial charge on any atom is -0.395 e. The molecule has 1 aliphatic rings. The fourth-order valence-corrected chi connectivity index (χ4v) is 4.62. The Morgan fingerprint density at radius 1 is 1.43 bits per heavy atom. The molecule has 0 saturated carbocycles. The molecule has 1 fully saturated rings. The van der Waals surface area contributed by atoms with Crippen molar-refractivity contribution in [3.05, 3.63) is 33.4 Å². The van der Waals surface area contributed by atoms with Crippen molar-refractivity contribution in [3.8, 4) is 0 Å². The van der Waals surface area contributed by atoms with Crippen LogP contribution in [-0.2, 0) is 10.0 Å². The second kappa shape index (κ2) is 5.70. The van der Waals surface area contributed by atoms with Crippen LogP contribution in [0.1, 0.15) is 24.0 Å². The summed E-state index contributed by atoms with van der Waals surface area (Å²) in [6.07, 6.45) is 1.28. The van der Waals surface area contributed by atoms with Crippen LogP contribution in [0.5, 0.6) is 0 Å². The molecule has 1 aromatic carbocycles. The zero-order valence-corrected chi connectivity index (χ0v) is 12.8. The lowest BCUT2D eigenvalue weighted by molar-refractivity contribution is -0.385. The molecule has 1 atom stereocenters. The third-order valence-corrected chi connectivity index (χ3v) is 6.01. The summed E-state index contributed by atoms with van der Waals surface area (Å²) in [4.78, 5) is 10.3. The molecule has 0 spiro atoms. The molecule has 7 nitrogen and oxygen atoms in total. The Balaban J connectivity index is 2.56. The lowest BCUT2D eigenvalue weighted by Crippen LogP contribution is -2.38. The predicted octanol–water partition coefficient (Wildman–Crippen LogP) is 1.36. The Hall–Kier alpha value is -1.51. The number of non-ortho nitro benzene ring substituents is 1. The highest BCUT2D eigenvalue weighted by molar-refractivity contribution is 7.89. The molecule has 1 saturated heterocycles. The van der Waals surface area contributed by atoms with Gasteiger partial charge in [-0.2, -0.15) is 4.31 Å². The maximum atomic E-state index is 12.7. The van der Waals surface area contributed by atoms with Crippen LogP contribution in [0.15, 0.2) is 17.0 Å². The van der Waals surface area contributed by atoms with E-state index in [9.17, 15) is 23.6 Å². The molecule has 1 aliphatic heterocycles. The average molecular weight is 314 g/mol. The van der Waals surface area contributed by atoms with Gasteiger partial charge in [-0.05, 0) is 37.8 Å². The quantitative estimate of drug-likeness (QED) is 0.668. The highest BCUT2D eigenvalue weighted by atomic mass is 32.2. The van der Waals surface area contributed by atoms with Gasteiger partial charge in [0.15, 0.2) is 0 Å². The van der Waals surface area contributed by atoms with Gasteiger partial charge in [0.1, 0.15) is 0 Å². The molecule has 8 heteroatoms. The number of nitro groups is 1. The van der Waals surface area contributed by atoms with E-state index >= 15 is 0 Å². The summed E-state index contributed by atoms with van der Waals surface area (Å²) in [7, 11) is -3.84. The third-order valence-electron chi connectivity index (χ3n) is 3.94. The van der Waals surface area contributed by atoms with Crippen LogP contribution >= 0.6 is 0 Å². The van der Waals surface area contributed by atoms with Gasteiger partial charge in [-0.3, -0.25) is 10.1 Å². The summed E-state index contributed by atoms with van der Waals surface area (Å²) in [6, 6.07) is 2.01. The molecular weight excluding hydrogens is 296 g/mol. The highest BCUT2D eigenvalue weighted by Gasteiger charge is 2.36. The molecular formula is C13H18N2O5S. The molecule has 21 heavy (non-hydrogen) atoms. The molecule has 0 aliphatic carbocycles. The van der Waals surface area contributed by atoms with Gasteiger partial charge in [0.25, 0.3) is 5.69 Å². The average Bonchev–Trinajstić information content (AvgIpc) is 2.90. The third kappa shape index (κ3) is 2.78. The Bertz CT molecular complexity index is 671. The summed E-state index contributed by atoms with van der Waals surface area (Å²) >= 11 is 0. The summed E-state index contributed by atoms with van der Waals surface area (Å²) in [5, 5.41) is 20.2. The maximum absolute atomic E-state index is 12.7. The summed E-state index contributed by atoms with van der Waals surface area (Å²) in [5.41, 5.74) is 0.822. The molecule has 0 bridgehead atoms. The van der Waals surface area contributed by atoms with Crippen LogP contribution in [0.25, 0.3) is 0 Å². The fraction of sp³-hybridized carbons (Fsp3) is 0.538. The first kappa shape index (κ1) is 15.9. The van der Waals surface area contributed by atoms with E-state index in [0.717, 1.165) is 6.07 Å². The predicted molar refractivity (Wildman–Crippen MR) is 76.6 cm³/mol. The van der Waals surface area contributed by atoms with Gasteiger partial charge >= 0.3 is 0 Å². The van der Waals surface area contributed by atoms with Crippen molar-refractivity contribution >= 4 is 15.7 Å². The first-order valence-electron chi connectivity index (χ1n) is 6.67. The maximum Gasteiger partial charge on any atom is 0.271 e. The zero-order chi connectivity index (χ0) is 15.8. The van der Waals surface area contributed by atoms with E-state index in [1.807, 2.05) is 0 Å². The van der Waals surface area contributed by atoms with Crippen LogP contribution in [0.3, 0.4) is 0 Å². The zero-order valence-electron chi connectivity index (χ0n) is 11.9. The number of nitro benzene ring substituents is 1. The topological polar surface area (TPSA) is 101 Å². The van der Waals surface area contributed by atoms with Gasteiger partial charge in [-0.25, -0.2) is 8.42 Å². The number of aliphatic hydroxyl groups excluding tert-OH is 1. The van der Waals surface area contributed by atoms with Crippen LogP contribution in [-0.4, -0.2) is 41.9 Å². The molecule has 0 radical (unpaired) electrons. The minimum atomic E-state index is -3.84. The number of nitrogens with zero attached hydrogens (tertiary/aromatic N) is 2. The summed E-state index contributed by atoms with van der Waals surface area (Å²) < 4.78 is 26.7. The second-order valence-electron chi connectivity index (χ2n) is 5.24. The first-order valence-corrected chi connectivity index (χ1v) is 8.11. The summed E-state index contributed by atoms with van der Waals surface area (Å²) in [5.74, 6) is 0. The van der Waals surface area contributed by atoms with Gasteiger partial charge in [0.05, 0.1) is 16.4 Å². The van der Waals surface area contributed by atoms with Crippen molar-refractivity contribution < 1.29 is 18.4 Å². The highest BCUT2D eigenvalue weighted by Crippen LogP contribution is 2.31. The minimum absolute atomic E-state index is 0.0467. The van der Waals surface area contributed by atoms with Crippen molar-refractivity contribution in [1.29, 1.82) is 0 Å². The Morgan fingerprint density at radius 3 is 2.67 bits per heavy atom. The van der Waals surface area contributed by atoms with Crippen molar-refractivity contribution in [2.24, 2.45) is 0 Å². The molecule has 0 aromatic heterocycles. The molecule has 1 heterocycles. The second-order valence-corrected chi connectivity index (χ2v) is 7.10. The SMILES string of the molecule is Cc1cc([N+](=O)[O-])cc(S(=O)(=O)N2CCCC2CO)c1C. The Labute approximate surface area is 123 Å². The lowest BCUT2D eigenvalue weighted by atomic mass is 10.1. The van der Waals surface area contributed by atoms with E-state index in [4.69, 9.17) is 0 Å². The van der Waals surface area contributed by atoms with Crippen LogP contribution in [0.2, 0.25) is 0 Å². The monoisotopic (exact) mass is 314 g/mol. The van der Waals surface area contributed by atoms with Crippen molar-refractivity contribution in [3.63, 3.8) is 0 Å². The standard InChI is InChI=1S/C13H18N2O5S/c1-9-6-12(15(17)18)7-13(10(9)2)21(19,20)14-5-3-4-11(14)8-16/h6-7,11,16H,3-5,8H2,1-2H3. The van der Waals surface area contributed by atoms with E-state index in [-0.39, 0.29) is 17.2 Å². The molecule has 2 rings (SSSR count). The van der Waals surface area contributed by atoms with E-state index in [2.05, 4.69) is 0 Å². The van der Waals surface area contributed by atoms with E-state index in [1.165, 1.54) is 10.4 Å². The Kier molecular flexibility index (Phi) is 4.31. The normalized spacial score (nSPS) is 19.9. The van der Waals surface area contributed by atoms with Crippen LogP contribution in [0, 0.1) is 24.0 Å². The van der Waals surface area contributed by atoms with Crippen molar-refractivity contribution in [2.45, 2.75) is 37.6 Å². The van der Waals surface area contributed by atoms with Gasteiger partial charge in [0, 0.05) is 24.7 Å². The van der Waals surface area contributed by atoms with Gasteiger partial charge in [0.2, 0.25) is 10.0 Å². The number of aliphatic hydroxyl groups is 1. The van der Waals surface area contributed by atoms with Gasteiger partial charge in [-0.15, -0.1) is 0 Å². The smallest absolute Gasteiger partial charge is 0.271 e. The molecule has 1 unspecified atom stereocenters. The Morgan fingerprint density at radius 2 is 2.10 bits per heavy atom. The molecule has 116 valence electrons. The lowest BCUT2D eigenvalue weighted by Gasteiger charge is -2.23. The van der Waals surface area contributed by atoms with E-state index in [1.54, 1.807) is 13.8 Å². The molecule has 0 amide bonds. The molecule has 1 aromatic rings. The van der Waals surface area contributed by atoms with Crippen LogP contribution in [0.4, 0.5) is 5.69 Å². The number of rotatable bonds is 4. The number of aryl methyl sites for hydroxylation is 1. The van der Waals surface area contributed by atoms with Gasteiger partial charge < -0.3 is 5.11 Å². The number of hydrogen-bond acceptors (Lipinski definition) is 5. The number of benzene rings is 1. The van der Waals surface area contributed by atoms with Crippen LogP contribution < -0.4 is 0 Å². The van der Waals surface area contributed by atoms with E-state index < -0.39 is 21.0 Å². The largest absolute Gasteiger partial charge is 0.395 e. The van der Waals surface area contributed by atoms with Crippen molar-refractivity contribution in [2.75, 3.05) is 13.2 Å². The fourth-order valence-electron chi connectivity index (χ4n) is 2.62. The number of sulfonamides is 1. The van der Waals surface area contributed by atoms with Gasteiger partial charge in [-0.1, -0.05) is 0 Å². The molecule has 1 N–H and O–H groups in total.